The van der Waals surface area contributed by atoms with Crippen molar-refractivity contribution < 1.29 is 0 Å². The van der Waals surface area contributed by atoms with Gasteiger partial charge in [-0.25, -0.2) is 0 Å². The highest BCUT2D eigenvalue weighted by molar-refractivity contribution is 5.23. The van der Waals surface area contributed by atoms with Crippen molar-refractivity contribution in [2.45, 2.75) is 39.2 Å². The van der Waals surface area contributed by atoms with Gasteiger partial charge >= 0.3 is 0 Å². The molecule has 0 bridgehead atoms. The van der Waals surface area contributed by atoms with E-state index in [0.717, 1.165) is 29.7 Å². The molecule has 1 N–H and O–H groups in total. The minimum absolute atomic E-state index is 0.0175. The van der Waals surface area contributed by atoms with E-state index in [1.165, 1.54) is 0 Å². The molecule has 84 valence electrons. The van der Waals surface area contributed by atoms with Crippen LogP contribution in [0.2, 0.25) is 0 Å². The van der Waals surface area contributed by atoms with Crippen molar-refractivity contribution in [3.05, 3.63) is 49.2 Å². The summed E-state index contributed by atoms with van der Waals surface area (Å²) in [5, 5.41) is 3.32. The van der Waals surface area contributed by atoms with Gasteiger partial charge in [-0.2, -0.15) is 0 Å². The van der Waals surface area contributed by atoms with E-state index in [2.05, 4.69) is 45.5 Å². The molecule has 0 heterocycles. The Hall–Kier alpha value is -1.24. The fraction of sp³-hybridized carbons (Fsp3) is 0.429. The van der Waals surface area contributed by atoms with E-state index in [0.29, 0.717) is 0 Å². The highest BCUT2D eigenvalue weighted by Crippen LogP contribution is 2.19. The first-order valence-corrected chi connectivity index (χ1v) is 5.21. The maximum Gasteiger partial charge on any atom is 0.0320 e. The molecule has 1 heteroatoms. The summed E-state index contributed by atoms with van der Waals surface area (Å²) >= 11 is 0. The lowest BCUT2D eigenvalue weighted by Crippen LogP contribution is -2.37. The van der Waals surface area contributed by atoms with E-state index in [9.17, 15) is 0 Å². The molecule has 0 aromatic rings. The quantitative estimate of drug-likeness (QED) is 0.620. The molecule has 0 saturated carbocycles. The molecule has 0 aliphatic rings. The molecule has 0 unspecified atom stereocenters. The van der Waals surface area contributed by atoms with Gasteiger partial charge in [0.25, 0.3) is 0 Å². The minimum atomic E-state index is 0.0175. The van der Waals surface area contributed by atoms with Gasteiger partial charge in [0, 0.05) is 11.2 Å². The summed E-state index contributed by atoms with van der Waals surface area (Å²) in [7, 11) is 0. The van der Waals surface area contributed by atoms with Crippen molar-refractivity contribution >= 4 is 0 Å². The standard InChI is InChI=1S/C14H23N/c1-8-13(5)15-14(6,7)10-9-12(4)11(2)3/h8,15H,1-2,4-5,9-10H2,3,6-7H3. The van der Waals surface area contributed by atoms with E-state index in [1.807, 2.05) is 6.92 Å². The average Bonchev–Trinajstić information content (AvgIpc) is 2.13. The first kappa shape index (κ1) is 13.8. The summed E-state index contributed by atoms with van der Waals surface area (Å²) in [6, 6.07) is 0. The van der Waals surface area contributed by atoms with Gasteiger partial charge in [0.05, 0.1) is 0 Å². The molecule has 0 spiro atoms. The summed E-state index contributed by atoms with van der Waals surface area (Å²) in [4.78, 5) is 0. The Bertz CT molecular complexity index is 282. The molecule has 0 amide bonds. The Kier molecular flexibility index (Phi) is 5.13. The highest BCUT2D eigenvalue weighted by atomic mass is 15.0. The maximum absolute atomic E-state index is 3.99. The van der Waals surface area contributed by atoms with E-state index >= 15 is 0 Å². The Balaban J connectivity index is 4.15. The van der Waals surface area contributed by atoms with Gasteiger partial charge in [-0.15, -0.1) is 0 Å². The lowest BCUT2D eigenvalue weighted by Gasteiger charge is -2.28. The fourth-order valence-electron chi connectivity index (χ4n) is 1.22. The lowest BCUT2D eigenvalue weighted by atomic mass is 9.93. The van der Waals surface area contributed by atoms with Crippen LogP contribution in [-0.4, -0.2) is 5.54 Å². The highest BCUT2D eigenvalue weighted by Gasteiger charge is 2.17. The molecule has 0 aliphatic carbocycles. The van der Waals surface area contributed by atoms with Crippen molar-refractivity contribution in [3.8, 4) is 0 Å². The molecule has 0 rings (SSSR count). The molecule has 0 aliphatic heterocycles. The molecular formula is C14H23N. The van der Waals surface area contributed by atoms with Gasteiger partial charge in [0.1, 0.15) is 0 Å². The van der Waals surface area contributed by atoms with Crippen molar-refractivity contribution in [2.24, 2.45) is 0 Å². The third-order valence-electron chi connectivity index (χ3n) is 2.40. The predicted octanol–water partition coefficient (Wildman–Crippen LogP) is 3.97. The fourth-order valence-corrected chi connectivity index (χ4v) is 1.22. The van der Waals surface area contributed by atoms with Crippen molar-refractivity contribution in [3.63, 3.8) is 0 Å². The van der Waals surface area contributed by atoms with Gasteiger partial charge in [0.2, 0.25) is 0 Å². The number of hydrogen-bond acceptors (Lipinski definition) is 1. The van der Waals surface area contributed by atoms with Gasteiger partial charge in [0.15, 0.2) is 0 Å². The monoisotopic (exact) mass is 205 g/mol. The van der Waals surface area contributed by atoms with Crippen LogP contribution in [0.15, 0.2) is 49.2 Å². The average molecular weight is 205 g/mol. The maximum atomic E-state index is 3.99. The van der Waals surface area contributed by atoms with Crippen LogP contribution in [0.4, 0.5) is 0 Å². The topological polar surface area (TPSA) is 12.0 Å². The molecular weight excluding hydrogens is 182 g/mol. The van der Waals surface area contributed by atoms with Gasteiger partial charge in [-0.05, 0) is 39.7 Å². The Morgan fingerprint density at radius 3 is 2.20 bits per heavy atom. The Morgan fingerprint density at radius 1 is 1.27 bits per heavy atom. The molecule has 0 aromatic carbocycles. The normalized spacial score (nSPS) is 10.6. The van der Waals surface area contributed by atoms with Crippen LogP contribution in [-0.2, 0) is 0 Å². The lowest BCUT2D eigenvalue weighted by molar-refractivity contribution is 0.402. The summed E-state index contributed by atoms with van der Waals surface area (Å²) < 4.78 is 0. The second kappa shape index (κ2) is 5.59. The number of allylic oxidation sites excluding steroid dienone is 3. The zero-order valence-corrected chi connectivity index (χ0v) is 10.3. The smallest absolute Gasteiger partial charge is 0.0320 e. The minimum Gasteiger partial charge on any atom is -0.381 e. The number of hydrogen-bond donors (Lipinski definition) is 1. The molecule has 0 aromatic heterocycles. The van der Waals surface area contributed by atoms with Crippen molar-refractivity contribution in [1.82, 2.24) is 5.32 Å². The summed E-state index contributed by atoms with van der Waals surface area (Å²) in [5.41, 5.74) is 3.06. The first-order valence-electron chi connectivity index (χ1n) is 5.21. The van der Waals surface area contributed by atoms with E-state index in [-0.39, 0.29) is 5.54 Å². The van der Waals surface area contributed by atoms with Gasteiger partial charge in [-0.3, -0.25) is 0 Å². The summed E-state index contributed by atoms with van der Waals surface area (Å²) in [5.74, 6) is 0. The molecule has 1 nitrogen and oxygen atoms in total. The van der Waals surface area contributed by atoms with Crippen LogP contribution >= 0.6 is 0 Å². The molecule has 0 fully saturated rings. The third-order valence-corrected chi connectivity index (χ3v) is 2.40. The molecule has 15 heavy (non-hydrogen) atoms. The van der Waals surface area contributed by atoms with Crippen LogP contribution < -0.4 is 5.32 Å². The van der Waals surface area contributed by atoms with Crippen molar-refractivity contribution in [1.29, 1.82) is 0 Å². The molecule has 0 radical (unpaired) electrons. The zero-order chi connectivity index (χ0) is 12.1. The Labute approximate surface area is 94.3 Å². The predicted molar refractivity (Wildman–Crippen MR) is 69.7 cm³/mol. The first-order chi connectivity index (χ1) is 6.78. The second-order valence-electron chi connectivity index (χ2n) is 4.62. The van der Waals surface area contributed by atoms with E-state index in [4.69, 9.17) is 0 Å². The number of rotatable bonds is 7. The Morgan fingerprint density at radius 2 is 1.80 bits per heavy atom. The van der Waals surface area contributed by atoms with Crippen molar-refractivity contribution in [2.75, 3.05) is 0 Å². The van der Waals surface area contributed by atoms with Crippen LogP contribution in [0.3, 0.4) is 0 Å². The molecule has 0 saturated heterocycles. The second-order valence-corrected chi connectivity index (χ2v) is 4.62. The van der Waals surface area contributed by atoms with Gasteiger partial charge in [-0.1, -0.05) is 37.5 Å². The van der Waals surface area contributed by atoms with Crippen LogP contribution in [0.25, 0.3) is 0 Å². The van der Waals surface area contributed by atoms with Gasteiger partial charge < -0.3 is 5.32 Å². The largest absolute Gasteiger partial charge is 0.381 e. The van der Waals surface area contributed by atoms with E-state index in [1.54, 1.807) is 6.08 Å². The number of nitrogens with one attached hydrogen (secondary N) is 1. The van der Waals surface area contributed by atoms with Crippen LogP contribution in [0, 0.1) is 0 Å². The third kappa shape index (κ3) is 5.95. The SMILES string of the molecule is C=CC(=C)NC(C)(C)CCC(=C)C(=C)C. The van der Waals surface area contributed by atoms with E-state index < -0.39 is 0 Å². The van der Waals surface area contributed by atoms with Crippen LogP contribution in [0.5, 0.6) is 0 Å². The zero-order valence-electron chi connectivity index (χ0n) is 10.3. The van der Waals surface area contributed by atoms with Crippen LogP contribution in [0.1, 0.15) is 33.6 Å². The molecule has 0 atom stereocenters. The summed E-state index contributed by atoms with van der Waals surface area (Å²) in [6.45, 7) is 21.7. The summed E-state index contributed by atoms with van der Waals surface area (Å²) in [6.07, 6.45) is 3.70.